The number of hydrogen-bond donors (Lipinski definition) is 0. The summed E-state index contributed by atoms with van der Waals surface area (Å²) >= 11 is 0. The molecule has 0 atom stereocenters. The first-order valence-corrected chi connectivity index (χ1v) is 6.67. The Hall–Kier alpha value is -3.03. The van der Waals surface area contributed by atoms with Crippen LogP contribution in [0.15, 0.2) is 36.5 Å². The van der Waals surface area contributed by atoms with Crippen LogP contribution in [0.1, 0.15) is 13.8 Å². The van der Waals surface area contributed by atoms with E-state index >= 15 is 0 Å². The van der Waals surface area contributed by atoms with Crippen molar-refractivity contribution in [3.05, 3.63) is 47.0 Å². The molecule has 4 nitrogen and oxygen atoms in total. The highest BCUT2D eigenvalue weighted by Crippen LogP contribution is 1.97. The number of rotatable bonds is 4. The molecular weight excluding hydrogens is 260 g/mol. The fourth-order valence-electron chi connectivity index (χ4n) is 1.78. The van der Waals surface area contributed by atoms with E-state index in [1.54, 1.807) is 30.3 Å². The van der Waals surface area contributed by atoms with Crippen LogP contribution in [0.4, 0.5) is 0 Å². The van der Waals surface area contributed by atoms with Gasteiger partial charge in [-0.15, -0.1) is 0 Å². The van der Waals surface area contributed by atoms with E-state index in [2.05, 4.69) is 24.8 Å². The number of hydrogen-bond acceptors (Lipinski definition) is 4. The second-order valence-electron chi connectivity index (χ2n) is 4.24. The summed E-state index contributed by atoms with van der Waals surface area (Å²) in [5.74, 6) is 0. The Morgan fingerprint density at radius 1 is 0.952 bits per heavy atom. The summed E-state index contributed by atoms with van der Waals surface area (Å²) < 4.78 is 0. The second kappa shape index (κ2) is 8.20. The summed E-state index contributed by atoms with van der Waals surface area (Å²) in [4.78, 5) is 2.09. The highest BCUT2D eigenvalue weighted by molar-refractivity contribution is 5.73. The van der Waals surface area contributed by atoms with Crippen LogP contribution in [0, 0.1) is 34.0 Å². The molecule has 21 heavy (non-hydrogen) atoms. The second-order valence-corrected chi connectivity index (χ2v) is 4.24. The van der Waals surface area contributed by atoms with Gasteiger partial charge in [0.25, 0.3) is 0 Å². The van der Waals surface area contributed by atoms with E-state index < -0.39 is 0 Å². The summed E-state index contributed by atoms with van der Waals surface area (Å²) in [7, 11) is 0. The van der Waals surface area contributed by atoms with Crippen LogP contribution < -0.4 is 10.4 Å². The maximum absolute atomic E-state index is 9.24. The first kappa shape index (κ1) is 16.0. The van der Waals surface area contributed by atoms with Crippen LogP contribution >= 0.6 is 0 Å². The van der Waals surface area contributed by atoms with Crippen molar-refractivity contribution in [1.82, 2.24) is 4.90 Å². The zero-order valence-electron chi connectivity index (χ0n) is 12.2. The molecule has 1 rings (SSSR count). The van der Waals surface area contributed by atoms with Gasteiger partial charge in [-0.25, -0.2) is 0 Å². The van der Waals surface area contributed by atoms with Crippen molar-refractivity contribution < 1.29 is 0 Å². The van der Waals surface area contributed by atoms with Crippen molar-refractivity contribution in [3.8, 4) is 18.2 Å². The molecule has 0 spiro atoms. The Morgan fingerprint density at radius 2 is 1.48 bits per heavy atom. The Bertz CT molecular complexity index is 723. The van der Waals surface area contributed by atoms with Crippen molar-refractivity contribution in [2.75, 3.05) is 13.1 Å². The van der Waals surface area contributed by atoms with Crippen molar-refractivity contribution in [2.24, 2.45) is 0 Å². The minimum atomic E-state index is 0.0683. The molecule has 104 valence electrons. The fourth-order valence-corrected chi connectivity index (χ4v) is 1.78. The molecule has 0 saturated heterocycles. The van der Waals surface area contributed by atoms with E-state index in [4.69, 9.17) is 10.5 Å². The number of nitriles is 3. The lowest BCUT2D eigenvalue weighted by Crippen LogP contribution is -2.16. The molecule has 0 N–H and O–H groups in total. The molecule has 0 aliphatic heterocycles. The van der Waals surface area contributed by atoms with Crippen molar-refractivity contribution >= 4 is 11.1 Å². The van der Waals surface area contributed by atoms with Gasteiger partial charge in [0, 0.05) is 24.5 Å². The van der Waals surface area contributed by atoms with Crippen LogP contribution in [0.5, 0.6) is 0 Å². The minimum absolute atomic E-state index is 0.0683. The average Bonchev–Trinajstić information content (AvgIpc) is 2.54. The van der Waals surface area contributed by atoms with Crippen LogP contribution in [0.3, 0.4) is 0 Å². The van der Waals surface area contributed by atoms with Crippen LogP contribution in [-0.4, -0.2) is 18.0 Å². The summed E-state index contributed by atoms with van der Waals surface area (Å²) in [6.45, 7) is 5.87. The molecule has 1 aromatic carbocycles. The first-order chi connectivity index (χ1) is 10.2. The van der Waals surface area contributed by atoms with E-state index in [1.165, 1.54) is 0 Å². The Labute approximate surface area is 124 Å². The van der Waals surface area contributed by atoms with Gasteiger partial charge in [-0.1, -0.05) is 24.3 Å². The van der Waals surface area contributed by atoms with Gasteiger partial charge in [-0.05, 0) is 25.1 Å². The number of benzene rings is 1. The van der Waals surface area contributed by atoms with Gasteiger partial charge >= 0.3 is 0 Å². The van der Waals surface area contributed by atoms with Crippen LogP contribution in [-0.2, 0) is 0 Å². The summed E-state index contributed by atoms with van der Waals surface area (Å²) in [6, 6.07) is 12.7. The number of allylic oxidation sites excluding steroid dienone is 1. The third-order valence-corrected chi connectivity index (χ3v) is 3.09. The number of nitrogens with zero attached hydrogens (tertiary/aromatic N) is 4. The quantitative estimate of drug-likeness (QED) is 0.833. The Kier molecular flexibility index (Phi) is 6.26. The Morgan fingerprint density at radius 3 is 1.90 bits per heavy atom. The van der Waals surface area contributed by atoms with Gasteiger partial charge in [0.2, 0.25) is 0 Å². The van der Waals surface area contributed by atoms with Gasteiger partial charge < -0.3 is 4.90 Å². The monoisotopic (exact) mass is 276 g/mol. The maximum Gasteiger partial charge on any atom is 0.136 e. The van der Waals surface area contributed by atoms with Crippen LogP contribution in [0.25, 0.3) is 11.1 Å². The molecule has 0 saturated carbocycles. The molecule has 0 aliphatic rings. The van der Waals surface area contributed by atoms with E-state index in [1.807, 2.05) is 18.3 Å². The molecule has 4 heteroatoms. The lowest BCUT2D eigenvalue weighted by atomic mass is 10.1. The first-order valence-electron chi connectivity index (χ1n) is 6.67. The van der Waals surface area contributed by atoms with Gasteiger partial charge in [0.15, 0.2) is 0 Å². The molecule has 0 aliphatic carbocycles. The van der Waals surface area contributed by atoms with Crippen molar-refractivity contribution in [2.45, 2.75) is 13.8 Å². The lowest BCUT2D eigenvalue weighted by Gasteiger charge is -2.14. The largest absolute Gasteiger partial charge is 0.378 e. The predicted molar refractivity (Wildman–Crippen MR) is 81.4 cm³/mol. The van der Waals surface area contributed by atoms with E-state index in [-0.39, 0.29) is 5.57 Å². The molecule has 0 unspecified atom stereocenters. The predicted octanol–water partition coefficient (Wildman–Crippen LogP) is 1.41. The molecule has 0 bridgehead atoms. The fraction of sp³-hybridized carbons (Fsp3) is 0.235. The standard InChI is InChI=1S/C17H16N4/c1-3-21(4-2)10-9-16(11-18)14-5-7-15(8-6-14)17(12-19)13-20/h5-10H,3-4H2,1-2H3/b10-9+. The molecule has 0 amide bonds. The minimum Gasteiger partial charge on any atom is -0.378 e. The Balaban J connectivity index is 3.30. The van der Waals surface area contributed by atoms with E-state index in [0.29, 0.717) is 10.8 Å². The zero-order valence-corrected chi connectivity index (χ0v) is 12.2. The SMILES string of the molecule is CCN(/C=C/C(C#N)=c1ccc(=C(C#N)C#N)cc1)CC. The molecule has 0 aromatic heterocycles. The van der Waals surface area contributed by atoms with Gasteiger partial charge in [0.05, 0.1) is 11.6 Å². The molecule has 0 fully saturated rings. The normalized spacial score (nSPS) is 9.48. The molecule has 1 aromatic rings. The van der Waals surface area contributed by atoms with E-state index in [9.17, 15) is 5.26 Å². The van der Waals surface area contributed by atoms with Gasteiger partial charge in [-0.2, -0.15) is 15.8 Å². The van der Waals surface area contributed by atoms with E-state index in [0.717, 1.165) is 18.3 Å². The van der Waals surface area contributed by atoms with Crippen LogP contribution in [0.2, 0.25) is 0 Å². The molecular formula is C17H16N4. The zero-order chi connectivity index (χ0) is 15.7. The summed E-state index contributed by atoms with van der Waals surface area (Å²) in [5, 5.41) is 28.2. The van der Waals surface area contributed by atoms with Gasteiger partial charge in [0.1, 0.15) is 17.7 Å². The molecule has 0 heterocycles. The topological polar surface area (TPSA) is 74.6 Å². The average molecular weight is 276 g/mol. The summed E-state index contributed by atoms with van der Waals surface area (Å²) in [5.41, 5.74) is 0.614. The van der Waals surface area contributed by atoms with Crippen molar-refractivity contribution in [3.63, 3.8) is 0 Å². The van der Waals surface area contributed by atoms with Gasteiger partial charge in [-0.3, -0.25) is 0 Å². The third kappa shape index (κ3) is 4.23. The van der Waals surface area contributed by atoms with Crippen molar-refractivity contribution in [1.29, 1.82) is 15.8 Å². The maximum atomic E-state index is 9.24. The summed E-state index contributed by atoms with van der Waals surface area (Å²) in [6.07, 6.45) is 3.68. The lowest BCUT2D eigenvalue weighted by molar-refractivity contribution is 0.419. The smallest absolute Gasteiger partial charge is 0.136 e. The third-order valence-electron chi connectivity index (χ3n) is 3.09. The highest BCUT2D eigenvalue weighted by Gasteiger charge is 1.96. The molecule has 0 radical (unpaired) electrons. The highest BCUT2D eigenvalue weighted by atomic mass is 15.1.